The van der Waals surface area contributed by atoms with Crippen molar-refractivity contribution in [1.82, 2.24) is 0 Å². The van der Waals surface area contributed by atoms with Gasteiger partial charge in [-0.3, -0.25) is 5.32 Å². The van der Waals surface area contributed by atoms with E-state index in [9.17, 15) is 4.79 Å². The van der Waals surface area contributed by atoms with Crippen molar-refractivity contribution in [2.45, 2.75) is 20.3 Å². The van der Waals surface area contributed by atoms with E-state index in [1.807, 2.05) is 12.1 Å². The fourth-order valence-corrected chi connectivity index (χ4v) is 1.14. The fraction of sp³-hybridized carbons (Fsp3) is 0.417. The summed E-state index contributed by atoms with van der Waals surface area (Å²) < 4.78 is 10.2. The van der Waals surface area contributed by atoms with Gasteiger partial charge < -0.3 is 9.47 Å². The minimum atomic E-state index is -0.440. The third-order valence-electron chi connectivity index (χ3n) is 1.85. The Hall–Kier alpha value is -1.71. The molecule has 16 heavy (non-hydrogen) atoms. The average Bonchev–Trinajstić information content (AvgIpc) is 2.28. The van der Waals surface area contributed by atoms with E-state index in [0.717, 1.165) is 12.2 Å². The predicted molar refractivity (Wildman–Crippen MR) is 62.9 cm³/mol. The van der Waals surface area contributed by atoms with Crippen LogP contribution in [0, 0.1) is 0 Å². The number of anilines is 1. The first kappa shape index (κ1) is 12.4. The van der Waals surface area contributed by atoms with Crippen molar-refractivity contribution in [1.29, 1.82) is 0 Å². The van der Waals surface area contributed by atoms with Gasteiger partial charge in [0.2, 0.25) is 0 Å². The summed E-state index contributed by atoms with van der Waals surface area (Å²) in [4.78, 5) is 11.1. The zero-order valence-electron chi connectivity index (χ0n) is 9.66. The summed E-state index contributed by atoms with van der Waals surface area (Å²) in [5, 5.41) is 2.61. The van der Waals surface area contributed by atoms with E-state index in [1.165, 1.54) is 0 Å². The van der Waals surface area contributed by atoms with Crippen molar-refractivity contribution in [2.75, 3.05) is 18.5 Å². The average molecular weight is 223 g/mol. The van der Waals surface area contributed by atoms with Gasteiger partial charge in [-0.1, -0.05) is 6.92 Å². The molecule has 0 bridgehead atoms. The summed E-state index contributed by atoms with van der Waals surface area (Å²) in [6, 6.07) is 7.19. The molecular weight excluding hydrogens is 206 g/mol. The monoisotopic (exact) mass is 223 g/mol. The lowest BCUT2D eigenvalue weighted by atomic mass is 10.3. The van der Waals surface area contributed by atoms with E-state index in [2.05, 4.69) is 12.2 Å². The van der Waals surface area contributed by atoms with E-state index in [1.54, 1.807) is 19.1 Å². The predicted octanol–water partition coefficient (Wildman–Crippen LogP) is 3.04. The summed E-state index contributed by atoms with van der Waals surface area (Å²) in [7, 11) is 0. The number of amides is 1. The third kappa shape index (κ3) is 4.21. The van der Waals surface area contributed by atoms with E-state index in [0.29, 0.717) is 18.9 Å². The van der Waals surface area contributed by atoms with Crippen molar-refractivity contribution in [3.05, 3.63) is 24.3 Å². The largest absolute Gasteiger partial charge is 0.494 e. The number of nitrogens with one attached hydrogen (secondary N) is 1. The summed E-state index contributed by atoms with van der Waals surface area (Å²) in [5.41, 5.74) is 0.697. The normalized spacial score (nSPS) is 9.62. The Labute approximate surface area is 95.6 Å². The molecule has 0 aliphatic carbocycles. The Morgan fingerprint density at radius 3 is 2.50 bits per heavy atom. The maximum atomic E-state index is 11.1. The Bertz CT molecular complexity index is 322. The van der Waals surface area contributed by atoms with Gasteiger partial charge in [0.05, 0.1) is 13.2 Å². The van der Waals surface area contributed by atoms with Gasteiger partial charge in [0.1, 0.15) is 5.75 Å². The Morgan fingerprint density at radius 1 is 1.25 bits per heavy atom. The summed E-state index contributed by atoms with van der Waals surface area (Å²) in [6.07, 6.45) is 0.535. The molecule has 4 nitrogen and oxygen atoms in total. The number of benzene rings is 1. The smallest absolute Gasteiger partial charge is 0.411 e. The van der Waals surface area contributed by atoms with Crippen LogP contribution in [0.15, 0.2) is 24.3 Å². The van der Waals surface area contributed by atoms with Crippen LogP contribution in [0.25, 0.3) is 0 Å². The highest BCUT2D eigenvalue weighted by atomic mass is 16.5. The second-order valence-electron chi connectivity index (χ2n) is 3.22. The molecule has 0 aliphatic rings. The van der Waals surface area contributed by atoms with Crippen molar-refractivity contribution < 1.29 is 14.3 Å². The minimum absolute atomic E-state index is 0.365. The second kappa shape index (κ2) is 6.71. The van der Waals surface area contributed by atoms with Crippen LogP contribution in [0.5, 0.6) is 5.75 Å². The van der Waals surface area contributed by atoms with Crippen molar-refractivity contribution in [2.24, 2.45) is 0 Å². The molecule has 0 saturated carbocycles. The molecule has 0 fully saturated rings. The first-order valence-corrected chi connectivity index (χ1v) is 5.43. The number of rotatable bonds is 5. The van der Waals surface area contributed by atoms with Gasteiger partial charge in [-0.05, 0) is 37.6 Å². The van der Waals surface area contributed by atoms with E-state index in [-0.39, 0.29) is 0 Å². The van der Waals surface area contributed by atoms with Crippen LogP contribution in [0.4, 0.5) is 10.5 Å². The molecule has 0 spiro atoms. The molecule has 1 rings (SSSR count). The van der Waals surface area contributed by atoms with Crippen molar-refractivity contribution in [3.8, 4) is 5.75 Å². The molecule has 4 heteroatoms. The molecule has 1 aromatic carbocycles. The van der Waals surface area contributed by atoms with Gasteiger partial charge in [-0.2, -0.15) is 0 Å². The highest BCUT2D eigenvalue weighted by molar-refractivity contribution is 5.84. The molecule has 1 amide bonds. The summed E-state index contributed by atoms with van der Waals surface area (Å²) in [5.74, 6) is 0.802. The third-order valence-corrected chi connectivity index (χ3v) is 1.85. The van der Waals surface area contributed by atoms with Crippen LogP contribution in [-0.2, 0) is 4.74 Å². The van der Waals surface area contributed by atoms with Gasteiger partial charge in [0.15, 0.2) is 0 Å². The number of hydrogen-bond donors (Lipinski definition) is 1. The highest BCUT2D eigenvalue weighted by Crippen LogP contribution is 2.15. The van der Waals surface area contributed by atoms with Crippen LogP contribution in [0.2, 0.25) is 0 Å². The van der Waals surface area contributed by atoms with E-state index < -0.39 is 6.09 Å². The Morgan fingerprint density at radius 2 is 1.94 bits per heavy atom. The quantitative estimate of drug-likeness (QED) is 0.834. The molecule has 0 unspecified atom stereocenters. The lowest BCUT2D eigenvalue weighted by Gasteiger charge is -2.07. The number of carbonyl (C=O) groups excluding carboxylic acids is 1. The topological polar surface area (TPSA) is 47.6 Å². The van der Waals surface area contributed by atoms with Gasteiger partial charge in [0.25, 0.3) is 0 Å². The Kier molecular flexibility index (Phi) is 5.19. The van der Waals surface area contributed by atoms with Gasteiger partial charge in [-0.15, -0.1) is 0 Å². The molecule has 0 aliphatic heterocycles. The summed E-state index contributed by atoms with van der Waals surface area (Å²) >= 11 is 0. The molecule has 0 heterocycles. The number of carbonyl (C=O) groups is 1. The van der Waals surface area contributed by atoms with Gasteiger partial charge >= 0.3 is 6.09 Å². The van der Waals surface area contributed by atoms with Crippen LogP contribution in [0.1, 0.15) is 20.3 Å². The van der Waals surface area contributed by atoms with E-state index >= 15 is 0 Å². The molecule has 0 atom stereocenters. The Balaban J connectivity index is 2.47. The first-order chi connectivity index (χ1) is 7.76. The fourth-order valence-electron chi connectivity index (χ4n) is 1.14. The molecule has 0 saturated heterocycles. The molecule has 0 aromatic heterocycles. The van der Waals surface area contributed by atoms with Crippen LogP contribution in [0.3, 0.4) is 0 Å². The molecule has 88 valence electrons. The van der Waals surface area contributed by atoms with Crippen LogP contribution >= 0.6 is 0 Å². The lowest BCUT2D eigenvalue weighted by molar-refractivity contribution is 0.168. The maximum Gasteiger partial charge on any atom is 0.411 e. The SMILES string of the molecule is CCCOc1ccc(NC(=O)OCC)cc1. The molecule has 1 N–H and O–H groups in total. The first-order valence-electron chi connectivity index (χ1n) is 5.43. The molecule has 1 aromatic rings. The zero-order valence-corrected chi connectivity index (χ0v) is 9.66. The summed E-state index contributed by atoms with van der Waals surface area (Å²) in [6.45, 7) is 4.88. The van der Waals surface area contributed by atoms with Crippen molar-refractivity contribution >= 4 is 11.8 Å². The maximum absolute atomic E-state index is 11.1. The lowest BCUT2D eigenvalue weighted by Crippen LogP contribution is -2.13. The van der Waals surface area contributed by atoms with Crippen molar-refractivity contribution in [3.63, 3.8) is 0 Å². The number of hydrogen-bond acceptors (Lipinski definition) is 3. The highest BCUT2D eigenvalue weighted by Gasteiger charge is 2.01. The standard InChI is InChI=1S/C12H17NO3/c1-3-9-16-11-7-5-10(6-8-11)13-12(14)15-4-2/h5-8H,3-4,9H2,1-2H3,(H,13,14). The van der Waals surface area contributed by atoms with Gasteiger partial charge in [0, 0.05) is 5.69 Å². The van der Waals surface area contributed by atoms with Gasteiger partial charge in [-0.25, -0.2) is 4.79 Å². The molecule has 0 radical (unpaired) electrons. The number of ether oxygens (including phenoxy) is 2. The zero-order chi connectivity index (χ0) is 11.8. The minimum Gasteiger partial charge on any atom is -0.494 e. The van der Waals surface area contributed by atoms with Crippen LogP contribution < -0.4 is 10.1 Å². The molecular formula is C12H17NO3. The van der Waals surface area contributed by atoms with Crippen LogP contribution in [-0.4, -0.2) is 19.3 Å². The van der Waals surface area contributed by atoms with E-state index in [4.69, 9.17) is 9.47 Å². The second-order valence-corrected chi connectivity index (χ2v) is 3.22.